The Labute approximate surface area is 181 Å². The van der Waals surface area contributed by atoms with Gasteiger partial charge in [-0.15, -0.1) is 0 Å². The van der Waals surface area contributed by atoms with Gasteiger partial charge in [0.1, 0.15) is 5.75 Å². The Morgan fingerprint density at radius 2 is 1.74 bits per heavy atom. The van der Waals surface area contributed by atoms with Crippen LogP contribution in [-0.2, 0) is 14.3 Å². The summed E-state index contributed by atoms with van der Waals surface area (Å²) in [6.45, 7) is 4.93. The van der Waals surface area contributed by atoms with Crippen molar-refractivity contribution >= 4 is 12.0 Å². The van der Waals surface area contributed by atoms with Crippen LogP contribution in [0.3, 0.4) is 0 Å². The highest BCUT2D eigenvalue weighted by molar-refractivity contribution is 5.95. The van der Waals surface area contributed by atoms with Gasteiger partial charge in [-0.25, -0.2) is 9.59 Å². The molecule has 10 heteroatoms. The highest BCUT2D eigenvalue weighted by Gasteiger charge is 2.36. The van der Waals surface area contributed by atoms with Crippen molar-refractivity contribution in [3.63, 3.8) is 0 Å². The number of urea groups is 1. The lowest BCUT2D eigenvalue weighted by Crippen LogP contribution is -2.49. The molecule has 0 radical (unpaired) electrons. The number of nitrogens with one attached hydrogen (secondary N) is 2. The molecule has 2 amide bonds. The Morgan fingerprint density at radius 1 is 1.10 bits per heavy atom. The Bertz CT molecular complexity index is 850. The van der Waals surface area contributed by atoms with Crippen molar-refractivity contribution in [2.24, 2.45) is 0 Å². The van der Waals surface area contributed by atoms with Gasteiger partial charge in [0.25, 0.3) is 0 Å². The standard InChI is InChI=1S/C21H29N3O7/c1-5-31-20(25)18-14(12-24-6-8-30-9-7-24)22-21(26)23-19(18)13-10-16(28-3)17(29-4)11-15(13)27-2/h10-11,19H,5-9,12H2,1-4H3,(H2,22,23,26)/t19-/m0/s1. The van der Waals surface area contributed by atoms with Crippen LogP contribution in [0.2, 0.25) is 0 Å². The number of hydrogen-bond acceptors (Lipinski definition) is 8. The van der Waals surface area contributed by atoms with Gasteiger partial charge in [0, 0.05) is 37.0 Å². The van der Waals surface area contributed by atoms with E-state index in [9.17, 15) is 9.59 Å². The molecule has 3 rings (SSSR count). The van der Waals surface area contributed by atoms with Crippen LogP contribution in [0.15, 0.2) is 23.4 Å². The molecule has 2 aliphatic rings. The maximum absolute atomic E-state index is 13.0. The van der Waals surface area contributed by atoms with E-state index in [0.29, 0.717) is 66.9 Å². The fraction of sp³-hybridized carbons (Fsp3) is 0.524. The molecule has 31 heavy (non-hydrogen) atoms. The number of morpholine rings is 1. The molecule has 2 heterocycles. The molecule has 1 aromatic rings. The second-order valence-electron chi connectivity index (χ2n) is 6.98. The molecule has 1 aromatic carbocycles. The normalized spacial score (nSPS) is 19.4. The topological polar surface area (TPSA) is 108 Å². The van der Waals surface area contributed by atoms with Crippen molar-refractivity contribution in [2.75, 3.05) is 60.8 Å². The number of ether oxygens (including phenoxy) is 5. The molecule has 0 unspecified atom stereocenters. The third-order valence-corrected chi connectivity index (χ3v) is 5.18. The fourth-order valence-electron chi connectivity index (χ4n) is 3.69. The molecule has 1 saturated heterocycles. The van der Waals surface area contributed by atoms with Crippen LogP contribution in [0.1, 0.15) is 18.5 Å². The summed E-state index contributed by atoms with van der Waals surface area (Å²) in [5, 5.41) is 5.62. The van der Waals surface area contributed by atoms with Gasteiger partial charge in [-0.1, -0.05) is 0 Å². The minimum Gasteiger partial charge on any atom is -0.496 e. The van der Waals surface area contributed by atoms with Crippen LogP contribution in [0.25, 0.3) is 0 Å². The van der Waals surface area contributed by atoms with Crippen molar-refractivity contribution in [1.82, 2.24) is 15.5 Å². The first kappa shape index (κ1) is 22.7. The van der Waals surface area contributed by atoms with E-state index in [1.807, 2.05) is 0 Å². The Morgan fingerprint density at radius 3 is 2.35 bits per heavy atom. The molecule has 0 spiro atoms. The number of carbonyl (C=O) groups excluding carboxylic acids is 2. The minimum absolute atomic E-state index is 0.205. The van der Waals surface area contributed by atoms with E-state index < -0.39 is 18.0 Å². The minimum atomic E-state index is -0.793. The van der Waals surface area contributed by atoms with E-state index in [1.54, 1.807) is 19.1 Å². The first-order chi connectivity index (χ1) is 15.0. The quantitative estimate of drug-likeness (QED) is 0.587. The summed E-state index contributed by atoms with van der Waals surface area (Å²) in [5.74, 6) is 0.847. The number of carbonyl (C=O) groups is 2. The van der Waals surface area contributed by atoms with Gasteiger partial charge in [0.15, 0.2) is 11.5 Å². The summed E-state index contributed by atoms with van der Waals surface area (Å²) in [6.07, 6.45) is 0. The highest BCUT2D eigenvalue weighted by atomic mass is 16.5. The summed E-state index contributed by atoms with van der Waals surface area (Å²) in [7, 11) is 4.55. The zero-order valence-electron chi connectivity index (χ0n) is 18.3. The Balaban J connectivity index is 2.10. The number of amides is 2. The molecule has 1 fully saturated rings. The smallest absolute Gasteiger partial charge is 0.338 e. The van der Waals surface area contributed by atoms with E-state index in [2.05, 4.69) is 15.5 Å². The molecule has 0 aliphatic carbocycles. The molecule has 1 atom stereocenters. The number of esters is 1. The number of rotatable bonds is 8. The fourth-order valence-corrected chi connectivity index (χ4v) is 3.69. The molecule has 10 nitrogen and oxygen atoms in total. The third-order valence-electron chi connectivity index (χ3n) is 5.18. The summed E-state index contributed by atoms with van der Waals surface area (Å²) in [6, 6.07) is 2.14. The molecular weight excluding hydrogens is 406 g/mol. The van der Waals surface area contributed by atoms with E-state index in [4.69, 9.17) is 23.7 Å². The van der Waals surface area contributed by atoms with Crippen LogP contribution < -0.4 is 24.8 Å². The SMILES string of the molecule is CCOC(=O)C1=C(CN2CCOCC2)NC(=O)N[C@H]1c1cc(OC)c(OC)cc1OC. The first-order valence-electron chi connectivity index (χ1n) is 10.1. The number of methoxy groups -OCH3 is 3. The van der Waals surface area contributed by atoms with Crippen LogP contribution in [0.4, 0.5) is 4.79 Å². The lowest BCUT2D eigenvalue weighted by molar-refractivity contribution is -0.139. The number of hydrogen-bond donors (Lipinski definition) is 2. The molecular formula is C21H29N3O7. The Hall–Kier alpha value is -2.98. The zero-order valence-corrected chi connectivity index (χ0v) is 18.3. The van der Waals surface area contributed by atoms with Crippen LogP contribution in [-0.4, -0.2) is 77.7 Å². The van der Waals surface area contributed by atoms with Crippen molar-refractivity contribution in [1.29, 1.82) is 0 Å². The predicted octanol–water partition coefficient (Wildman–Crippen LogP) is 1.22. The van der Waals surface area contributed by atoms with Crippen molar-refractivity contribution in [3.05, 3.63) is 29.0 Å². The van der Waals surface area contributed by atoms with E-state index in [0.717, 1.165) is 0 Å². The first-order valence-corrected chi connectivity index (χ1v) is 10.1. The maximum atomic E-state index is 13.0. The van der Waals surface area contributed by atoms with Crippen molar-refractivity contribution < 1.29 is 33.3 Å². The predicted molar refractivity (Wildman–Crippen MR) is 111 cm³/mol. The van der Waals surface area contributed by atoms with Gasteiger partial charge in [-0.2, -0.15) is 0 Å². The molecule has 0 aromatic heterocycles. The van der Waals surface area contributed by atoms with E-state index >= 15 is 0 Å². The zero-order chi connectivity index (χ0) is 22.4. The van der Waals surface area contributed by atoms with Gasteiger partial charge in [-0.05, 0) is 13.0 Å². The van der Waals surface area contributed by atoms with E-state index in [1.165, 1.54) is 21.3 Å². The van der Waals surface area contributed by atoms with Crippen LogP contribution >= 0.6 is 0 Å². The summed E-state index contributed by atoms with van der Waals surface area (Å²) in [4.78, 5) is 27.7. The molecule has 2 N–H and O–H groups in total. The largest absolute Gasteiger partial charge is 0.496 e. The lowest BCUT2D eigenvalue weighted by atomic mass is 9.93. The van der Waals surface area contributed by atoms with Gasteiger partial charge in [0.05, 0.1) is 52.8 Å². The summed E-state index contributed by atoms with van der Waals surface area (Å²) >= 11 is 0. The molecule has 2 aliphatic heterocycles. The molecule has 0 bridgehead atoms. The number of benzene rings is 1. The summed E-state index contributed by atoms with van der Waals surface area (Å²) < 4.78 is 27.0. The second-order valence-corrected chi connectivity index (χ2v) is 6.98. The monoisotopic (exact) mass is 435 g/mol. The van der Waals surface area contributed by atoms with Gasteiger partial charge in [0.2, 0.25) is 0 Å². The van der Waals surface area contributed by atoms with Crippen LogP contribution in [0.5, 0.6) is 17.2 Å². The van der Waals surface area contributed by atoms with Crippen LogP contribution in [0, 0.1) is 0 Å². The average Bonchev–Trinajstić information content (AvgIpc) is 2.78. The molecule has 0 saturated carbocycles. The average molecular weight is 435 g/mol. The maximum Gasteiger partial charge on any atom is 0.338 e. The van der Waals surface area contributed by atoms with E-state index in [-0.39, 0.29) is 6.61 Å². The number of nitrogens with zero attached hydrogens (tertiary/aromatic N) is 1. The molecule has 170 valence electrons. The third kappa shape index (κ3) is 5.02. The van der Waals surface area contributed by atoms with Gasteiger partial charge >= 0.3 is 12.0 Å². The van der Waals surface area contributed by atoms with Gasteiger partial charge < -0.3 is 34.3 Å². The lowest BCUT2D eigenvalue weighted by Gasteiger charge is -2.33. The van der Waals surface area contributed by atoms with Crippen molar-refractivity contribution in [2.45, 2.75) is 13.0 Å². The Kier molecular flexibility index (Phi) is 7.59. The highest BCUT2D eigenvalue weighted by Crippen LogP contribution is 2.41. The van der Waals surface area contributed by atoms with Crippen molar-refractivity contribution in [3.8, 4) is 17.2 Å². The second kappa shape index (κ2) is 10.4. The summed E-state index contributed by atoms with van der Waals surface area (Å²) in [5.41, 5.74) is 1.36. The van der Waals surface area contributed by atoms with Gasteiger partial charge in [-0.3, -0.25) is 4.90 Å².